The number of esters is 1. The highest BCUT2D eigenvalue weighted by Crippen LogP contribution is 2.31. The molecule has 0 aliphatic heterocycles. The van der Waals surface area contributed by atoms with E-state index in [0.717, 1.165) is 10.8 Å². The number of hydrogen-bond acceptors (Lipinski definition) is 4. The van der Waals surface area contributed by atoms with Crippen molar-refractivity contribution in [3.63, 3.8) is 0 Å². The topological polar surface area (TPSA) is 69.4 Å². The van der Waals surface area contributed by atoms with Gasteiger partial charge in [-0.3, -0.25) is 10.1 Å². The maximum atomic E-state index is 11.9. The highest BCUT2D eigenvalue weighted by atomic mass is 16.6. The van der Waals surface area contributed by atoms with Crippen molar-refractivity contribution in [1.29, 1.82) is 0 Å². The van der Waals surface area contributed by atoms with E-state index < -0.39 is 10.9 Å². The molecule has 0 spiro atoms. The summed E-state index contributed by atoms with van der Waals surface area (Å²) in [5, 5.41) is 14.2. The minimum atomic E-state index is -0.584. The number of hydrogen-bond donors (Lipinski definition) is 0. The van der Waals surface area contributed by atoms with Gasteiger partial charge in [-0.1, -0.05) is 36.4 Å². The zero-order valence-corrected chi connectivity index (χ0v) is 11.2. The van der Waals surface area contributed by atoms with E-state index in [2.05, 4.69) is 0 Å². The van der Waals surface area contributed by atoms with Gasteiger partial charge in [-0.2, -0.15) is 0 Å². The highest BCUT2D eigenvalue weighted by molar-refractivity contribution is 6.15. The normalized spacial score (nSPS) is 10.7. The lowest BCUT2D eigenvalue weighted by Crippen LogP contribution is -2.03. The largest absolute Gasteiger partial charge is 0.465 e. The lowest BCUT2D eigenvalue weighted by Gasteiger charge is -2.08. The van der Waals surface area contributed by atoms with Gasteiger partial charge in [-0.05, 0) is 21.5 Å². The molecule has 0 amide bonds. The van der Waals surface area contributed by atoms with E-state index in [1.54, 1.807) is 6.07 Å². The Labute approximate surface area is 119 Å². The lowest BCUT2D eigenvalue weighted by molar-refractivity contribution is -0.384. The van der Waals surface area contributed by atoms with Crippen LogP contribution in [-0.2, 0) is 4.74 Å². The monoisotopic (exact) mass is 281 g/mol. The third-order valence-electron chi connectivity index (χ3n) is 3.46. The van der Waals surface area contributed by atoms with Gasteiger partial charge in [0.05, 0.1) is 17.6 Å². The maximum Gasteiger partial charge on any atom is 0.338 e. The molecule has 0 unspecified atom stereocenters. The van der Waals surface area contributed by atoms with Crippen molar-refractivity contribution < 1.29 is 14.5 Å². The second-order valence-electron chi connectivity index (χ2n) is 4.62. The molecule has 0 aromatic heterocycles. The Morgan fingerprint density at radius 1 is 1.05 bits per heavy atom. The molecule has 3 aromatic carbocycles. The summed E-state index contributed by atoms with van der Waals surface area (Å²) in [5.41, 5.74) is 0.0757. The predicted octanol–water partition coefficient (Wildman–Crippen LogP) is 3.69. The zero-order valence-electron chi connectivity index (χ0n) is 11.2. The van der Waals surface area contributed by atoms with Crippen LogP contribution in [0.25, 0.3) is 21.5 Å². The summed E-state index contributed by atoms with van der Waals surface area (Å²) in [6.45, 7) is 0. The van der Waals surface area contributed by atoms with Crippen molar-refractivity contribution in [2.45, 2.75) is 0 Å². The quantitative estimate of drug-likeness (QED) is 0.311. The average Bonchev–Trinajstić information content (AvgIpc) is 2.52. The molecule has 0 heterocycles. The molecule has 0 bridgehead atoms. The van der Waals surface area contributed by atoms with E-state index in [-0.39, 0.29) is 11.3 Å². The third-order valence-corrected chi connectivity index (χ3v) is 3.46. The van der Waals surface area contributed by atoms with Crippen LogP contribution in [0, 0.1) is 10.1 Å². The molecule has 3 rings (SSSR count). The highest BCUT2D eigenvalue weighted by Gasteiger charge is 2.18. The fraction of sp³-hybridized carbons (Fsp3) is 0.0625. The van der Waals surface area contributed by atoms with E-state index in [1.165, 1.54) is 19.2 Å². The molecular weight excluding hydrogens is 270 g/mol. The first kappa shape index (κ1) is 13.1. The van der Waals surface area contributed by atoms with Gasteiger partial charge in [0.1, 0.15) is 0 Å². The van der Waals surface area contributed by atoms with Gasteiger partial charge in [0.15, 0.2) is 0 Å². The molecule has 0 atom stereocenters. The van der Waals surface area contributed by atoms with Crippen molar-refractivity contribution in [3.05, 3.63) is 64.2 Å². The molecule has 5 nitrogen and oxygen atoms in total. The maximum absolute atomic E-state index is 11.9. The number of benzene rings is 3. The van der Waals surface area contributed by atoms with E-state index >= 15 is 0 Å². The number of carbonyl (C=O) groups excluding carboxylic acids is 1. The standard InChI is InChI=1S/C16H11NO4/c1-21-16(18)15-9-11(17(19)20)8-14-12-5-3-2-4-10(12)6-7-13(14)15/h2-9H,1H3. The second-order valence-corrected chi connectivity index (χ2v) is 4.62. The number of carbonyl (C=O) groups is 1. The molecule has 21 heavy (non-hydrogen) atoms. The van der Waals surface area contributed by atoms with Crippen LogP contribution in [0.2, 0.25) is 0 Å². The van der Waals surface area contributed by atoms with Gasteiger partial charge in [0, 0.05) is 12.1 Å². The summed E-state index contributed by atoms with van der Waals surface area (Å²) < 4.78 is 4.73. The summed E-state index contributed by atoms with van der Waals surface area (Å²) in [7, 11) is 1.26. The lowest BCUT2D eigenvalue weighted by atomic mass is 9.97. The molecule has 0 aliphatic rings. The van der Waals surface area contributed by atoms with Gasteiger partial charge in [-0.25, -0.2) is 4.79 Å². The molecule has 0 fully saturated rings. The number of methoxy groups -OCH3 is 1. The Morgan fingerprint density at radius 2 is 1.81 bits per heavy atom. The number of non-ortho nitro benzene ring substituents is 1. The summed E-state index contributed by atoms with van der Waals surface area (Å²) >= 11 is 0. The molecule has 0 radical (unpaired) electrons. The van der Waals surface area contributed by atoms with Crippen LogP contribution in [-0.4, -0.2) is 18.0 Å². The number of fused-ring (bicyclic) bond motifs is 3. The van der Waals surface area contributed by atoms with Crippen molar-refractivity contribution >= 4 is 33.2 Å². The molecule has 0 aliphatic carbocycles. The van der Waals surface area contributed by atoms with Crippen LogP contribution in [0.1, 0.15) is 10.4 Å². The van der Waals surface area contributed by atoms with Crippen molar-refractivity contribution in [3.8, 4) is 0 Å². The number of nitro benzene ring substituents is 1. The summed E-state index contributed by atoms with van der Waals surface area (Å²) in [6.07, 6.45) is 0. The van der Waals surface area contributed by atoms with Crippen LogP contribution in [0.4, 0.5) is 5.69 Å². The molecule has 5 heteroatoms. The molecule has 3 aromatic rings. The van der Waals surface area contributed by atoms with Gasteiger partial charge < -0.3 is 4.74 Å². The van der Waals surface area contributed by atoms with Gasteiger partial charge in [0.25, 0.3) is 5.69 Å². The van der Waals surface area contributed by atoms with E-state index in [4.69, 9.17) is 4.74 Å². The average molecular weight is 281 g/mol. The van der Waals surface area contributed by atoms with Gasteiger partial charge in [0.2, 0.25) is 0 Å². The number of ether oxygens (including phenoxy) is 1. The first-order chi connectivity index (χ1) is 10.1. The summed E-state index contributed by atoms with van der Waals surface area (Å²) in [4.78, 5) is 22.5. The third kappa shape index (κ3) is 2.08. The van der Waals surface area contributed by atoms with Gasteiger partial charge >= 0.3 is 5.97 Å². The van der Waals surface area contributed by atoms with E-state index in [0.29, 0.717) is 10.8 Å². The molecule has 0 saturated carbocycles. The Kier molecular flexibility index (Phi) is 3.02. The van der Waals surface area contributed by atoms with Crippen LogP contribution >= 0.6 is 0 Å². The summed E-state index contributed by atoms with van der Waals surface area (Å²) in [5.74, 6) is -0.584. The molecule has 0 N–H and O–H groups in total. The first-order valence-electron chi connectivity index (χ1n) is 6.30. The van der Waals surface area contributed by atoms with Crippen LogP contribution < -0.4 is 0 Å². The SMILES string of the molecule is COC(=O)c1cc([N+](=O)[O-])cc2c1ccc1ccccc12. The summed E-state index contributed by atoms with van der Waals surface area (Å²) in [6, 6.07) is 14.0. The Bertz CT molecular complexity index is 886. The van der Waals surface area contributed by atoms with Gasteiger partial charge in [-0.15, -0.1) is 0 Å². The van der Waals surface area contributed by atoms with Crippen LogP contribution in [0.3, 0.4) is 0 Å². The van der Waals surface area contributed by atoms with Crippen molar-refractivity contribution in [1.82, 2.24) is 0 Å². The first-order valence-corrected chi connectivity index (χ1v) is 6.30. The van der Waals surface area contributed by atoms with E-state index in [9.17, 15) is 14.9 Å². The number of rotatable bonds is 2. The Balaban J connectivity index is 2.48. The Hall–Kier alpha value is -2.95. The molecular formula is C16H11NO4. The zero-order chi connectivity index (χ0) is 15.0. The smallest absolute Gasteiger partial charge is 0.338 e. The predicted molar refractivity (Wildman–Crippen MR) is 79.4 cm³/mol. The number of nitro groups is 1. The minimum Gasteiger partial charge on any atom is -0.465 e. The van der Waals surface area contributed by atoms with Crippen molar-refractivity contribution in [2.24, 2.45) is 0 Å². The molecule has 0 saturated heterocycles. The fourth-order valence-electron chi connectivity index (χ4n) is 2.49. The van der Waals surface area contributed by atoms with Crippen LogP contribution in [0.5, 0.6) is 0 Å². The van der Waals surface area contributed by atoms with Crippen LogP contribution in [0.15, 0.2) is 48.5 Å². The number of nitrogens with zero attached hydrogens (tertiary/aromatic N) is 1. The minimum absolute atomic E-state index is 0.126. The van der Waals surface area contributed by atoms with Crippen molar-refractivity contribution in [2.75, 3.05) is 7.11 Å². The Morgan fingerprint density at radius 3 is 2.52 bits per heavy atom. The van der Waals surface area contributed by atoms with E-state index in [1.807, 2.05) is 30.3 Å². The second kappa shape index (κ2) is 4.86. The molecule has 104 valence electrons. The fourth-order valence-corrected chi connectivity index (χ4v) is 2.49.